The second-order valence-electron chi connectivity index (χ2n) is 14.7. The van der Waals surface area contributed by atoms with Crippen molar-refractivity contribution in [3.05, 3.63) is 109 Å². The van der Waals surface area contributed by atoms with Crippen LogP contribution in [0.15, 0.2) is 109 Å². The van der Waals surface area contributed by atoms with Crippen LogP contribution >= 0.6 is 0 Å². The quantitative estimate of drug-likeness (QED) is 0.0432. The Morgan fingerprint density at radius 1 is 0.455 bits per heavy atom. The Morgan fingerprint density at radius 2 is 0.818 bits per heavy atom. The number of carbonyl (C=O) groups is 1. The zero-order valence-corrected chi connectivity index (χ0v) is 35.6. The summed E-state index contributed by atoms with van der Waals surface area (Å²) in [6, 6.07) is -0.657. The van der Waals surface area contributed by atoms with Gasteiger partial charge in [0.15, 0.2) is 0 Å². The Hall–Kier alpha value is -2.95. The van der Waals surface area contributed by atoms with E-state index in [4.69, 9.17) is 0 Å². The van der Waals surface area contributed by atoms with Gasteiger partial charge in [0.1, 0.15) is 0 Å². The predicted octanol–water partition coefficient (Wildman–Crippen LogP) is 14.4. The molecule has 312 valence electrons. The molecule has 0 fully saturated rings. The summed E-state index contributed by atoms with van der Waals surface area (Å²) >= 11 is 0. The summed E-state index contributed by atoms with van der Waals surface area (Å²) < 4.78 is 0. The average molecular weight is 760 g/mol. The first-order valence-corrected chi connectivity index (χ1v) is 22.6. The molecule has 0 saturated heterocycles. The van der Waals surface area contributed by atoms with Crippen molar-refractivity contribution in [1.82, 2.24) is 5.32 Å². The van der Waals surface area contributed by atoms with Crippen LogP contribution in [0.1, 0.15) is 187 Å². The third-order valence-corrected chi connectivity index (χ3v) is 9.47. The lowest BCUT2D eigenvalue weighted by molar-refractivity contribution is -0.123. The van der Waals surface area contributed by atoms with Crippen molar-refractivity contribution in [2.75, 3.05) is 6.61 Å². The van der Waals surface area contributed by atoms with Crippen LogP contribution in [-0.4, -0.2) is 34.9 Å². The van der Waals surface area contributed by atoms with Crippen molar-refractivity contribution in [2.24, 2.45) is 0 Å². The summed E-state index contributed by atoms with van der Waals surface area (Å²) in [4.78, 5) is 12.4. The summed E-state index contributed by atoms with van der Waals surface area (Å²) in [5.74, 6) is -0.0927. The Morgan fingerprint density at radius 3 is 1.27 bits per heavy atom. The Kier molecular flexibility index (Phi) is 43.0. The molecule has 55 heavy (non-hydrogen) atoms. The second-order valence-corrected chi connectivity index (χ2v) is 14.7. The minimum absolute atomic E-state index is 0.0927. The number of allylic oxidation sites excluding steroid dienone is 17. The van der Waals surface area contributed by atoms with E-state index in [0.29, 0.717) is 6.42 Å². The van der Waals surface area contributed by atoms with Gasteiger partial charge in [0, 0.05) is 6.42 Å². The van der Waals surface area contributed by atoms with E-state index in [1.807, 2.05) is 6.08 Å². The van der Waals surface area contributed by atoms with Crippen LogP contribution in [-0.2, 0) is 4.79 Å². The fraction of sp³-hybridized carbons (Fsp3) is 0.627. The molecule has 0 aromatic rings. The smallest absolute Gasteiger partial charge is 0.220 e. The molecule has 0 bridgehead atoms. The molecular formula is C51H85NO3. The van der Waals surface area contributed by atoms with E-state index in [1.165, 1.54) is 77.0 Å². The Bertz CT molecular complexity index is 1090. The van der Waals surface area contributed by atoms with Crippen molar-refractivity contribution < 1.29 is 15.0 Å². The van der Waals surface area contributed by atoms with E-state index in [9.17, 15) is 15.0 Å². The molecule has 0 aliphatic heterocycles. The molecule has 0 saturated carbocycles. The first-order chi connectivity index (χ1) is 27.2. The maximum Gasteiger partial charge on any atom is 0.220 e. The molecule has 4 nitrogen and oxygen atoms in total. The summed E-state index contributed by atoms with van der Waals surface area (Å²) in [6.07, 6.45) is 69.1. The van der Waals surface area contributed by atoms with Crippen LogP contribution < -0.4 is 5.32 Å². The highest BCUT2D eigenvalue weighted by Gasteiger charge is 2.17. The number of unbranched alkanes of at least 4 members (excludes halogenated alkanes) is 16. The SMILES string of the molecule is CC/C=C\C/C=C\C/C=C\C/C=C\C/C=C\C/C=C\CCCCCCCCCCC(=O)NC(CO)C(O)/C=C/CC/C=C/CC/C=C/CCCCCCCC. The van der Waals surface area contributed by atoms with Crippen molar-refractivity contribution in [3.8, 4) is 0 Å². The molecule has 0 radical (unpaired) electrons. The van der Waals surface area contributed by atoms with Gasteiger partial charge in [-0.05, 0) is 96.3 Å². The lowest BCUT2D eigenvalue weighted by Gasteiger charge is -2.19. The number of aliphatic hydroxyl groups excluding tert-OH is 2. The molecule has 0 heterocycles. The van der Waals surface area contributed by atoms with Crippen LogP contribution in [0.4, 0.5) is 0 Å². The topological polar surface area (TPSA) is 69.6 Å². The third-order valence-electron chi connectivity index (χ3n) is 9.47. The standard InChI is InChI=1S/C51H85NO3/c1-3-5-7-9-11-13-15-17-19-21-22-23-24-25-26-27-28-29-30-31-33-35-37-39-41-43-45-47-51(55)52-49(48-53)50(54)46-44-42-40-38-36-34-32-20-18-16-14-12-10-8-6-4-2/h5,7,11,13,17-20,22-23,25-26,28-29,36,38,44,46,49-50,53-54H,3-4,6,8-10,12,14-16,21,24,27,30-35,37,39-43,45,47-48H2,1-2H3,(H,52,55)/b7-5-,13-11-,19-17-,20-18+,23-22-,26-25-,29-28-,38-36+,46-44+. The van der Waals surface area contributed by atoms with Gasteiger partial charge < -0.3 is 15.5 Å². The van der Waals surface area contributed by atoms with Crippen LogP contribution in [0, 0.1) is 0 Å². The van der Waals surface area contributed by atoms with Gasteiger partial charge in [0.2, 0.25) is 5.91 Å². The Balaban J connectivity index is 3.70. The number of hydrogen-bond acceptors (Lipinski definition) is 3. The van der Waals surface area contributed by atoms with E-state index in [0.717, 1.165) is 89.9 Å². The molecule has 0 rings (SSSR count). The first kappa shape index (κ1) is 52.1. The molecule has 4 heteroatoms. The zero-order chi connectivity index (χ0) is 40.0. The van der Waals surface area contributed by atoms with Crippen LogP contribution in [0.3, 0.4) is 0 Å². The largest absolute Gasteiger partial charge is 0.394 e. The van der Waals surface area contributed by atoms with Gasteiger partial charge in [-0.1, -0.05) is 194 Å². The third kappa shape index (κ3) is 42.0. The van der Waals surface area contributed by atoms with Gasteiger partial charge >= 0.3 is 0 Å². The molecule has 0 aliphatic rings. The molecule has 0 spiro atoms. The lowest BCUT2D eigenvalue weighted by Crippen LogP contribution is -2.45. The van der Waals surface area contributed by atoms with Crippen molar-refractivity contribution >= 4 is 5.91 Å². The highest BCUT2D eigenvalue weighted by atomic mass is 16.3. The second kappa shape index (κ2) is 45.4. The number of carbonyl (C=O) groups excluding carboxylic acids is 1. The van der Waals surface area contributed by atoms with Crippen LogP contribution in [0.5, 0.6) is 0 Å². The summed E-state index contributed by atoms with van der Waals surface area (Å²) in [6.45, 7) is 4.15. The lowest BCUT2D eigenvalue weighted by atomic mass is 10.1. The van der Waals surface area contributed by atoms with Gasteiger partial charge in [-0.3, -0.25) is 4.79 Å². The summed E-state index contributed by atoms with van der Waals surface area (Å²) in [7, 11) is 0. The predicted molar refractivity (Wildman–Crippen MR) is 243 cm³/mol. The number of nitrogens with one attached hydrogen (secondary N) is 1. The number of hydrogen-bond donors (Lipinski definition) is 3. The van der Waals surface area contributed by atoms with Gasteiger partial charge in [0.05, 0.1) is 18.8 Å². The van der Waals surface area contributed by atoms with Crippen LogP contribution in [0.25, 0.3) is 0 Å². The van der Waals surface area contributed by atoms with Crippen molar-refractivity contribution in [1.29, 1.82) is 0 Å². The maximum atomic E-state index is 12.4. The van der Waals surface area contributed by atoms with Gasteiger partial charge in [-0.15, -0.1) is 0 Å². The van der Waals surface area contributed by atoms with E-state index >= 15 is 0 Å². The van der Waals surface area contributed by atoms with E-state index in [1.54, 1.807) is 6.08 Å². The average Bonchev–Trinajstić information content (AvgIpc) is 3.19. The highest BCUT2D eigenvalue weighted by molar-refractivity contribution is 5.76. The molecule has 3 N–H and O–H groups in total. The molecule has 1 amide bonds. The van der Waals surface area contributed by atoms with Gasteiger partial charge in [-0.25, -0.2) is 0 Å². The monoisotopic (exact) mass is 760 g/mol. The molecule has 2 atom stereocenters. The molecular weight excluding hydrogens is 675 g/mol. The van der Waals surface area contributed by atoms with E-state index in [2.05, 4.69) is 116 Å². The van der Waals surface area contributed by atoms with Crippen molar-refractivity contribution in [3.63, 3.8) is 0 Å². The number of amides is 1. The van der Waals surface area contributed by atoms with Crippen molar-refractivity contribution in [2.45, 2.75) is 199 Å². The fourth-order valence-corrected chi connectivity index (χ4v) is 6.03. The summed E-state index contributed by atoms with van der Waals surface area (Å²) in [5.41, 5.74) is 0. The molecule has 0 aromatic carbocycles. The molecule has 0 aromatic heterocycles. The van der Waals surface area contributed by atoms with E-state index in [-0.39, 0.29) is 12.5 Å². The van der Waals surface area contributed by atoms with Crippen LogP contribution in [0.2, 0.25) is 0 Å². The fourth-order valence-electron chi connectivity index (χ4n) is 6.03. The minimum atomic E-state index is -0.880. The molecule has 2 unspecified atom stereocenters. The number of rotatable bonds is 39. The normalized spacial score (nSPS) is 14.0. The number of aliphatic hydroxyl groups is 2. The Labute approximate surface area is 340 Å². The zero-order valence-electron chi connectivity index (χ0n) is 35.6. The van der Waals surface area contributed by atoms with Gasteiger partial charge in [0.25, 0.3) is 0 Å². The molecule has 0 aliphatic carbocycles. The minimum Gasteiger partial charge on any atom is -0.394 e. The van der Waals surface area contributed by atoms with Gasteiger partial charge in [-0.2, -0.15) is 0 Å². The maximum absolute atomic E-state index is 12.4. The first-order valence-electron chi connectivity index (χ1n) is 22.6. The summed E-state index contributed by atoms with van der Waals surface area (Å²) in [5, 5.41) is 23.0. The van der Waals surface area contributed by atoms with E-state index < -0.39 is 12.1 Å². The highest BCUT2D eigenvalue weighted by Crippen LogP contribution is 2.12.